The maximum atomic E-state index is 11.8. The minimum absolute atomic E-state index is 0.123. The van der Waals surface area contributed by atoms with Crippen molar-refractivity contribution in [1.29, 1.82) is 0 Å². The summed E-state index contributed by atoms with van der Waals surface area (Å²) >= 11 is 0. The van der Waals surface area contributed by atoms with Gasteiger partial charge in [0.05, 0.1) is 11.2 Å². The monoisotopic (exact) mass is 229 g/mol. The van der Waals surface area contributed by atoms with Gasteiger partial charge < -0.3 is 16.0 Å². The lowest BCUT2D eigenvalue weighted by molar-refractivity contribution is 0.0950. The smallest absolute Gasteiger partial charge is 0.267 e. The first-order valence-corrected chi connectivity index (χ1v) is 5.48. The number of nitrogens with one attached hydrogen (secondary N) is 2. The van der Waals surface area contributed by atoms with E-state index in [1.807, 2.05) is 12.1 Å². The molecule has 0 aliphatic carbocycles. The number of H-pyrrole nitrogens is 1. The first-order valence-electron chi connectivity index (χ1n) is 5.48. The second-order valence-electron chi connectivity index (χ2n) is 3.83. The van der Waals surface area contributed by atoms with E-state index < -0.39 is 0 Å². The van der Waals surface area contributed by atoms with Gasteiger partial charge in [0.1, 0.15) is 5.69 Å². The SMILES string of the molecule is C=CCCNC(=O)c1cc2cccc(N)c2[nH]1. The number of rotatable bonds is 4. The molecule has 0 aliphatic rings. The summed E-state index contributed by atoms with van der Waals surface area (Å²) in [5, 5.41) is 3.74. The van der Waals surface area contributed by atoms with Gasteiger partial charge in [-0.3, -0.25) is 4.79 Å². The summed E-state index contributed by atoms with van der Waals surface area (Å²) in [7, 11) is 0. The Balaban J connectivity index is 2.21. The fourth-order valence-corrected chi connectivity index (χ4v) is 1.68. The van der Waals surface area contributed by atoms with Crippen molar-refractivity contribution in [1.82, 2.24) is 10.3 Å². The molecule has 0 fully saturated rings. The van der Waals surface area contributed by atoms with Crippen molar-refractivity contribution < 1.29 is 4.79 Å². The molecule has 1 amide bonds. The largest absolute Gasteiger partial charge is 0.397 e. The summed E-state index contributed by atoms with van der Waals surface area (Å²) in [4.78, 5) is 14.8. The molecule has 0 saturated carbocycles. The average Bonchev–Trinajstić information content (AvgIpc) is 2.75. The number of carbonyl (C=O) groups excluding carboxylic acids is 1. The predicted octanol–water partition coefficient (Wildman–Crippen LogP) is 2.06. The molecule has 4 nitrogen and oxygen atoms in total. The Kier molecular flexibility index (Phi) is 3.14. The number of amides is 1. The van der Waals surface area contributed by atoms with Gasteiger partial charge in [-0.1, -0.05) is 18.2 Å². The van der Waals surface area contributed by atoms with Gasteiger partial charge in [0.2, 0.25) is 0 Å². The van der Waals surface area contributed by atoms with E-state index in [1.165, 1.54) is 0 Å². The second-order valence-corrected chi connectivity index (χ2v) is 3.83. The first-order chi connectivity index (χ1) is 8.22. The van der Waals surface area contributed by atoms with Crippen LogP contribution in [0.3, 0.4) is 0 Å². The number of nitrogen functional groups attached to an aromatic ring is 1. The third-order valence-corrected chi connectivity index (χ3v) is 2.57. The highest BCUT2D eigenvalue weighted by Crippen LogP contribution is 2.20. The van der Waals surface area contributed by atoms with E-state index in [1.54, 1.807) is 18.2 Å². The van der Waals surface area contributed by atoms with Gasteiger partial charge in [-0.15, -0.1) is 6.58 Å². The second kappa shape index (κ2) is 4.74. The summed E-state index contributed by atoms with van der Waals surface area (Å²) in [6.45, 7) is 4.19. The van der Waals surface area contributed by atoms with E-state index in [4.69, 9.17) is 5.73 Å². The number of anilines is 1. The molecule has 0 saturated heterocycles. The Morgan fingerprint density at radius 3 is 3.06 bits per heavy atom. The Morgan fingerprint density at radius 1 is 1.53 bits per heavy atom. The van der Waals surface area contributed by atoms with Gasteiger partial charge in [-0.05, 0) is 18.6 Å². The summed E-state index contributed by atoms with van der Waals surface area (Å²) in [5.41, 5.74) is 7.80. The molecular weight excluding hydrogens is 214 g/mol. The van der Waals surface area contributed by atoms with Gasteiger partial charge in [-0.2, -0.15) is 0 Å². The first kappa shape index (κ1) is 11.3. The molecule has 4 heteroatoms. The summed E-state index contributed by atoms with van der Waals surface area (Å²) in [6.07, 6.45) is 2.53. The molecule has 2 aromatic rings. The fourth-order valence-electron chi connectivity index (χ4n) is 1.68. The van der Waals surface area contributed by atoms with E-state index in [0.29, 0.717) is 17.9 Å². The highest BCUT2D eigenvalue weighted by molar-refractivity contribution is 6.00. The van der Waals surface area contributed by atoms with Crippen LogP contribution in [0.4, 0.5) is 5.69 Å². The van der Waals surface area contributed by atoms with Crippen LogP contribution in [0.5, 0.6) is 0 Å². The molecule has 1 aromatic carbocycles. The zero-order chi connectivity index (χ0) is 12.3. The number of aromatic amines is 1. The van der Waals surface area contributed by atoms with Crippen LogP contribution in [0, 0.1) is 0 Å². The van der Waals surface area contributed by atoms with Gasteiger partial charge in [0.15, 0.2) is 0 Å². The maximum absolute atomic E-state index is 11.8. The topological polar surface area (TPSA) is 70.9 Å². The summed E-state index contributed by atoms with van der Waals surface area (Å²) in [6, 6.07) is 7.39. The summed E-state index contributed by atoms with van der Waals surface area (Å²) in [5.74, 6) is -0.123. The van der Waals surface area contributed by atoms with Crippen molar-refractivity contribution in [3.63, 3.8) is 0 Å². The van der Waals surface area contributed by atoms with Gasteiger partial charge in [0.25, 0.3) is 5.91 Å². The summed E-state index contributed by atoms with van der Waals surface area (Å²) < 4.78 is 0. The Morgan fingerprint density at radius 2 is 2.35 bits per heavy atom. The number of hydrogen-bond donors (Lipinski definition) is 3. The van der Waals surface area contributed by atoms with Gasteiger partial charge in [0, 0.05) is 11.9 Å². The minimum Gasteiger partial charge on any atom is -0.397 e. The lowest BCUT2D eigenvalue weighted by atomic mass is 10.2. The molecule has 0 spiro atoms. The van der Waals surface area contributed by atoms with E-state index in [-0.39, 0.29) is 5.91 Å². The standard InChI is InChI=1S/C13H15N3O/c1-2-3-7-15-13(17)11-8-9-5-4-6-10(14)12(9)16-11/h2,4-6,8,16H,1,3,7,14H2,(H,15,17). The van der Waals surface area contributed by atoms with Gasteiger partial charge >= 0.3 is 0 Å². The number of hydrogen-bond acceptors (Lipinski definition) is 2. The maximum Gasteiger partial charge on any atom is 0.267 e. The highest BCUT2D eigenvalue weighted by atomic mass is 16.1. The molecule has 2 rings (SSSR count). The van der Waals surface area contributed by atoms with Crippen LogP contribution < -0.4 is 11.1 Å². The van der Waals surface area contributed by atoms with E-state index >= 15 is 0 Å². The molecule has 88 valence electrons. The van der Waals surface area contributed by atoms with Gasteiger partial charge in [-0.25, -0.2) is 0 Å². The Hall–Kier alpha value is -2.23. The van der Waals surface area contributed by atoms with Crippen LogP contribution in [0.25, 0.3) is 10.9 Å². The molecule has 0 aliphatic heterocycles. The van der Waals surface area contributed by atoms with Crippen LogP contribution in [-0.4, -0.2) is 17.4 Å². The molecule has 0 bridgehead atoms. The molecule has 0 radical (unpaired) electrons. The molecule has 1 heterocycles. The number of para-hydroxylation sites is 1. The zero-order valence-electron chi connectivity index (χ0n) is 9.49. The lowest BCUT2D eigenvalue weighted by Gasteiger charge is -2.00. The number of fused-ring (bicyclic) bond motifs is 1. The molecular formula is C13H15N3O. The lowest BCUT2D eigenvalue weighted by Crippen LogP contribution is -2.24. The number of carbonyl (C=O) groups is 1. The molecule has 1 aromatic heterocycles. The van der Waals surface area contributed by atoms with E-state index in [0.717, 1.165) is 17.3 Å². The normalized spacial score (nSPS) is 10.4. The number of aromatic nitrogens is 1. The Labute approximate surface area is 99.5 Å². The average molecular weight is 229 g/mol. The molecule has 0 atom stereocenters. The molecule has 0 unspecified atom stereocenters. The molecule has 17 heavy (non-hydrogen) atoms. The Bertz CT molecular complexity index is 557. The van der Waals surface area contributed by atoms with Crippen molar-refractivity contribution >= 4 is 22.5 Å². The predicted molar refractivity (Wildman–Crippen MR) is 69.9 cm³/mol. The number of benzene rings is 1. The third kappa shape index (κ3) is 2.30. The van der Waals surface area contributed by atoms with Crippen LogP contribution in [0.15, 0.2) is 36.9 Å². The minimum atomic E-state index is -0.123. The fraction of sp³-hybridized carbons (Fsp3) is 0.154. The highest BCUT2D eigenvalue weighted by Gasteiger charge is 2.09. The van der Waals surface area contributed by atoms with Crippen molar-refractivity contribution in [2.45, 2.75) is 6.42 Å². The van der Waals surface area contributed by atoms with Crippen molar-refractivity contribution in [2.24, 2.45) is 0 Å². The third-order valence-electron chi connectivity index (χ3n) is 2.57. The van der Waals surface area contributed by atoms with E-state index in [9.17, 15) is 4.79 Å². The zero-order valence-corrected chi connectivity index (χ0v) is 9.49. The molecule has 4 N–H and O–H groups in total. The van der Waals surface area contributed by atoms with Crippen molar-refractivity contribution in [3.8, 4) is 0 Å². The van der Waals surface area contributed by atoms with Crippen LogP contribution >= 0.6 is 0 Å². The van der Waals surface area contributed by atoms with Crippen molar-refractivity contribution in [3.05, 3.63) is 42.6 Å². The van der Waals surface area contributed by atoms with Crippen molar-refractivity contribution in [2.75, 3.05) is 12.3 Å². The van der Waals surface area contributed by atoms with Crippen LogP contribution in [-0.2, 0) is 0 Å². The van der Waals surface area contributed by atoms with E-state index in [2.05, 4.69) is 16.9 Å². The van der Waals surface area contributed by atoms with Crippen LogP contribution in [0.1, 0.15) is 16.9 Å². The number of nitrogens with two attached hydrogens (primary N) is 1. The quantitative estimate of drug-likeness (QED) is 0.426. The van der Waals surface area contributed by atoms with Crippen LogP contribution in [0.2, 0.25) is 0 Å².